The summed E-state index contributed by atoms with van der Waals surface area (Å²) in [7, 11) is 0. The average Bonchev–Trinajstić information content (AvgIpc) is 2.53. The summed E-state index contributed by atoms with van der Waals surface area (Å²) in [4.78, 5) is 0. The Hall–Kier alpha value is -1.13. The van der Waals surface area contributed by atoms with E-state index >= 15 is 0 Å². The number of benzene rings is 1. The molecule has 1 heterocycles. The first-order valence-electron chi connectivity index (χ1n) is 3.41. The summed E-state index contributed by atoms with van der Waals surface area (Å²) in [5, 5.41) is 11.8. The molecule has 13 heavy (non-hydrogen) atoms. The van der Waals surface area contributed by atoms with Crippen LogP contribution in [0, 0.1) is 0 Å². The molecule has 0 N–H and O–H groups in total. The molecule has 0 saturated carbocycles. The van der Waals surface area contributed by atoms with Crippen LogP contribution in [-0.4, -0.2) is 5.84 Å². The standard InChI is InChI=1S/C7H3Cl2N4/c8-5-1-4(2-6(9)3-5)7-10-12-13-11-7/h1-3H. The molecule has 0 unspecified atom stereocenters. The summed E-state index contributed by atoms with van der Waals surface area (Å²) < 4.78 is 0. The minimum absolute atomic E-state index is 0.421. The topological polar surface area (TPSA) is 51.2 Å². The quantitative estimate of drug-likeness (QED) is 0.689. The average molecular weight is 214 g/mol. The van der Waals surface area contributed by atoms with Gasteiger partial charge < -0.3 is 0 Å². The number of hydrogen-bond acceptors (Lipinski definition) is 3. The molecule has 1 aromatic carbocycles. The van der Waals surface area contributed by atoms with Gasteiger partial charge in [0.05, 0.1) is 0 Å². The Bertz CT molecular complexity index is 379. The number of amidine groups is 1. The fourth-order valence-corrected chi connectivity index (χ4v) is 1.47. The van der Waals surface area contributed by atoms with Gasteiger partial charge in [-0.1, -0.05) is 23.2 Å². The lowest BCUT2D eigenvalue weighted by Crippen LogP contribution is -1.93. The van der Waals surface area contributed by atoms with Gasteiger partial charge in [-0.05, 0) is 29.0 Å². The molecular formula is C7H3Cl2N4. The van der Waals surface area contributed by atoms with E-state index in [1.54, 1.807) is 18.2 Å². The Kier molecular flexibility index (Phi) is 2.16. The number of halogens is 2. The molecule has 0 spiro atoms. The van der Waals surface area contributed by atoms with Crippen molar-refractivity contribution in [2.45, 2.75) is 0 Å². The van der Waals surface area contributed by atoms with E-state index in [9.17, 15) is 0 Å². The van der Waals surface area contributed by atoms with Gasteiger partial charge >= 0.3 is 0 Å². The first-order chi connectivity index (χ1) is 6.25. The van der Waals surface area contributed by atoms with Crippen molar-refractivity contribution in [3.05, 3.63) is 33.8 Å². The van der Waals surface area contributed by atoms with E-state index in [0.29, 0.717) is 21.4 Å². The molecule has 1 aliphatic heterocycles. The number of nitrogens with zero attached hydrogens (tertiary/aromatic N) is 4. The van der Waals surface area contributed by atoms with Crippen LogP contribution in [0.3, 0.4) is 0 Å². The van der Waals surface area contributed by atoms with E-state index < -0.39 is 0 Å². The second kappa shape index (κ2) is 3.32. The molecule has 4 nitrogen and oxygen atoms in total. The normalized spacial score (nSPS) is 14.2. The zero-order valence-electron chi connectivity index (χ0n) is 6.28. The highest BCUT2D eigenvalue weighted by Gasteiger charge is 2.09. The fourth-order valence-electron chi connectivity index (χ4n) is 0.943. The van der Waals surface area contributed by atoms with Crippen molar-refractivity contribution >= 4 is 29.0 Å². The molecule has 2 rings (SSSR count). The SMILES string of the molecule is Clc1cc(Cl)cc(C2=N[N]N=N2)c1. The maximum atomic E-state index is 5.79. The van der Waals surface area contributed by atoms with Gasteiger partial charge in [-0.3, -0.25) is 0 Å². The predicted molar refractivity (Wildman–Crippen MR) is 50.0 cm³/mol. The van der Waals surface area contributed by atoms with Crippen molar-refractivity contribution < 1.29 is 0 Å². The van der Waals surface area contributed by atoms with Gasteiger partial charge in [-0.15, -0.1) is 10.2 Å². The van der Waals surface area contributed by atoms with E-state index in [1.807, 2.05) is 0 Å². The molecule has 0 bridgehead atoms. The van der Waals surface area contributed by atoms with E-state index in [1.165, 1.54) is 0 Å². The summed E-state index contributed by atoms with van der Waals surface area (Å²) in [6.07, 6.45) is 0. The Morgan fingerprint density at radius 2 is 1.69 bits per heavy atom. The molecule has 1 radical (unpaired) electrons. The molecule has 0 atom stereocenters. The van der Waals surface area contributed by atoms with Crippen LogP contribution in [0.4, 0.5) is 0 Å². The van der Waals surface area contributed by atoms with Crippen molar-refractivity contribution in [1.82, 2.24) is 5.53 Å². The lowest BCUT2D eigenvalue weighted by Gasteiger charge is -1.97. The van der Waals surface area contributed by atoms with Crippen LogP contribution in [0.1, 0.15) is 5.56 Å². The van der Waals surface area contributed by atoms with Crippen LogP contribution in [-0.2, 0) is 0 Å². The van der Waals surface area contributed by atoms with Gasteiger partial charge in [0.15, 0.2) is 0 Å². The van der Waals surface area contributed by atoms with E-state index in [0.717, 1.165) is 0 Å². The predicted octanol–water partition coefficient (Wildman–Crippen LogP) is 2.64. The lowest BCUT2D eigenvalue weighted by molar-refractivity contribution is 0.780. The minimum atomic E-state index is 0.421. The van der Waals surface area contributed by atoms with E-state index in [2.05, 4.69) is 21.0 Å². The van der Waals surface area contributed by atoms with Gasteiger partial charge in [0, 0.05) is 15.6 Å². The molecule has 6 heteroatoms. The summed E-state index contributed by atoms with van der Waals surface area (Å²) in [5.41, 5.74) is 4.07. The summed E-state index contributed by atoms with van der Waals surface area (Å²) in [6.45, 7) is 0. The van der Waals surface area contributed by atoms with E-state index in [4.69, 9.17) is 23.2 Å². The Morgan fingerprint density at radius 3 is 2.23 bits per heavy atom. The smallest absolute Gasteiger partial charge is 0.106 e. The van der Waals surface area contributed by atoms with E-state index in [-0.39, 0.29) is 0 Å². The highest BCUT2D eigenvalue weighted by molar-refractivity contribution is 6.35. The van der Waals surface area contributed by atoms with Crippen LogP contribution >= 0.6 is 23.2 Å². The van der Waals surface area contributed by atoms with Crippen molar-refractivity contribution in [2.75, 3.05) is 0 Å². The molecule has 0 fully saturated rings. The fraction of sp³-hybridized carbons (Fsp3) is 0. The monoisotopic (exact) mass is 213 g/mol. The van der Waals surface area contributed by atoms with Gasteiger partial charge in [0.25, 0.3) is 0 Å². The molecule has 0 aromatic heterocycles. The molecule has 0 aliphatic carbocycles. The highest BCUT2D eigenvalue weighted by atomic mass is 35.5. The van der Waals surface area contributed by atoms with Crippen molar-refractivity contribution in [3.63, 3.8) is 0 Å². The Morgan fingerprint density at radius 1 is 1.00 bits per heavy atom. The second-order valence-corrected chi connectivity index (χ2v) is 3.23. The highest BCUT2D eigenvalue weighted by Crippen LogP contribution is 2.20. The van der Waals surface area contributed by atoms with Crippen molar-refractivity contribution in [1.29, 1.82) is 0 Å². The Balaban J connectivity index is 2.45. The third kappa shape index (κ3) is 1.79. The van der Waals surface area contributed by atoms with Gasteiger partial charge in [0.2, 0.25) is 5.84 Å². The first-order valence-corrected chi connectivity index (χ1v) is 4.16. The zero-order chi connectivity index (χ0) is 9.26. The van der Waals surface area contributed by atoms with Gasteiger partial charge in [0.1, 0.15) is 0 Å². The van der Waals surface area contributed by atoms with Gasteiger partial charge in [-0.25, -0.2) is 0 Å². The van der Waals surface area contributed by atoms with Crippen LogP contribution in [0.15, 0.2) is 33.6 Å². The number of rotatable bonds is 1. The van der Waals surface area contributed by atoms with Crippen LogP contribution < -0.4 is 5.53 Å². The van der Waals surface area contributed by atoms with Crippen molar-refractivity contribution in [3.8, 4) is 0 Å². The van der Waals surface area contributed by atoms with Crippen LogP contribution in [0.5, 0.6) is 0 Å². The zero-order valence-corrected chi connectivity index (χ0v) is 7.79. The third-order valence-corrected chi connectivity index (χ3v) is 1.88. The molecule has 0 saturated heterocycles. The third-order valence-electron chi connectivity index (χ3n) is 1.44. The first kappa shape index (κ1) is 8.47. The molecular weight excluding hydrogens is 211 g/mol. The largest absolute Gasteiger partial charge is 0.207 e. The lowest BCUT2D eigenvalue weighted by atomic mass is 10.2. The van der Waals surface area contributed by atoms with Crippen LogP contribution in [0.25, 0.3) is 0 Å². The Labute approximate surface area is 84.2 Å². The molecule has 65 valence electrons. The van der Waals surface area contributed by atoms with Crippen molar-refractivity contribution in [2.24, 2.45) is 15.4 Å². The number of hydrogen-bond donors (Lipinski definition) is 0. The molecule has 1 aromatic rings. The summed E-state index contributed by atoms with van der Waals surface area (Å²) in [5.74, 6) is 0.421. The van der Waals surface area contributed by atoms with Crippen LogP contribution in [0.2, 0.25) is 10.0 Å². The summed E-state index contributed by atoms with van der Waals surface area (Å²) in [6, 6.07) is 5.04. The minimum Gasteiger partial charge on any atom is -0.106 e. The maximum absolute atomic E-state index is 5.79. The molecule has 1 aliphatic rings. The summed E-state index contributed by atoms with van der Waals surface area (Å²) >= 11 is 11.6. The maximum Gasteiger partial charge on any atom is 0.207 e. The second-order valence-electron chi connectivity index (χ2n) is 2.36. The van der Waals surface area contributed by atoms with Gasteiger partial charge in [-0.2, -0.15) is 0 Å². The molecule has 0 amide bonds.